The summed E-state index contributed by atoms with van der Waals surface area (Å²) in [6, 6.07) is 0. The van der Waals surface area contributed by atoms with Gasteiger partial charge >= 0.3 is 0 Å². The fourth-order valence-corrected chi connectivity index (χ4v) is 4.41. The Kier molecular flexibility index (Phi) is 7.13. The third-order valence-electron chi connectivity index (χ3n) is 5.79. The summed E-state index contributed by atoms with van der Waals surface area (Å²) >= 11 is 0. The highest BCUT2D eigenvalue weighted by Crippen LogP contribution is 2.42. The van der Waals surface area contributed by atoms with Gasteiger partial charge in [-0.25, -0.2) is 0 Å². The molecule has 2 fully saturated rings. The van der Waals surface area contributed by atoms with E-state index in [-0.39, 0.29) is 0 Å². The molecule has 0 aromatic rings. The number of allylic oxidation sites excluding steroid dienone is 1. The van der Waals surface area contributed by atoms with Crippen molar-refractivity contribution in [3.63, 3.8) is 0 Å². The van der Waals surface area contributed by atoms with Gasteiger partial charge in [-0.05, 0) is 82.0 Å². The van der Waals surface area contributed by atoms with Crippen LogP contribution in [0.25, 0.3) is 0 Å². The molecule has 0 radical (unpaired) electrons. The highest BCUT2D eigenvalue weighted by atomic mass is 16.5. The van der Waals surface area contributed by atoms with Crippen molar-refractivity contribution in [1.82, 2.24) is 0 Å². The Balaban J connectivity index is 1.64. The Labute approximate surface area is 126 Å². The molecule has 2 aliphatic rings. The molecule has 2 rings (SSSR count). The van der Waals surface area contributed by atoms with Crippen LogP contribution in [0.3, 0.4) is 0 Å². The molecule has 0 unspecified atom stereocenters. The van der Waals surface area contributed by atoms with E-state index < -0.39 is 0 Å². The van der Waals surface area contributed by atoms with Crippen LogP contribution in [0.2, 0.25) is 0 Å². The first-order valence-corrected chi connectivity index (χ1v) is 9.02. The Bertz CT molecular complexity index is 257. The number of hydrogen-bond donors (Lipinski definition) is 0. The van der Waals surface area contributed by atoms with Gasteiger partial charge in [0.2, 0.25) is 0 Å². The Morgan fingerprint density at radius 2 is 1.45 bits per heavy atom. The third kappa shape index (κ3) is 4.91. The van der Waals surface area contributed by atoms with Crippen LogP contribution in [0.5, 0.6) is 0 Å². The van der Waals surface area contributed by atoms with E-state index in [2.05, 4.69) is 19.6 Å². The van der Waals surface area contributed by atoms with E-state index in [4.69, 9.17) is 4.74 Å². The van der Waals surface area contributed by atoms with Crippen LogP contribution >= 0.6 is 0 Å². The second kappa shape index (κ2) is 8.87. The summed E-state index contributed by atoms with van der Waals surface area (Å²) in [5.41, 5.74) is 0. The van der Waals surface area contributed by atoms with Gasteiger partial charge in [-0.2, -0.15) is 0 Å². The van der Waals surface area contributed by atoms with Gasteiger partial charge in [0.15, 0.2) is 0 Å². The predicted molar refractivity (Wildman–Crippen MR) is 86.8 cm³/mol. The van der Waals surface area contributed by atoms with Crippen molar-refractivity contribution in [2.24, 2.45) is 23.7 Å². The Morgan fingerprint density at radius 3 is 1.95 bits per heavy atom. The minimum Gasteiger partial charge on any atom is -0.381 e. The van der Waals surface area contributed by atoms with Crippen molar-refractivity contribution >= 4 is 0 Å². The van der Waals surface area contributed by atoms with Gasteiger partial charge in [0, 0.05) is 13.2 Å². The minimum atomic E-state index is 0.857. The zero-order chi connectivity index (χ0) is 14.2. The van der Waals surface area contributed by atoms with E-state index in [1.54, 1.807) is 0 Å². The maximum Gasteiger partial charge on any atom is 0.0494 e. The van der Waals surface area contributed by atoms with Gasteiger partial charge in [-0.1, -0.05) is 18.9 Å². The standard InChI is InChI=1S/C19H34O/c1-3-5-6-16-7-11-18(12-8-16)19-13-9-17(10-14-19)15-20-4-2/h3,16-19H,1,4-15H2,2H3/t16-,17?,18-,19?. The molecule has 20 heavy (non-hydrogen) atoms. The van der Waals surface area contributed by atoms with Crippen LogP contribution in [-0.2, 0) is 4.74 Å². The summed E-state index contributed by atoms with van der Waals surface area (Å²) in [5, 5.41) is 0. The van der Waals surface area contributed by atoms with E-state index in [0.717, 1.165) is 36.9 Å². The summed E-state index contributed by atoms with van der Waals surface area (Å²) in [7, 11) is 0. The molecule has 0 spiro atoms. The molecule has 1 heteroatoms. The van der Waals surface area contributed by atoms with Crippen LogP contribution in [0.15, 0.2) is 12.7 Å². The molecule has 0 bridgehead atoms. The van der Waals surface area contributed by atoms with E-state index in [9.17, 15) is 0 Å². The molecule has 2 aliphatic carbocycles. The first kappa shape index (κ1) is 16.1. The molecule has 0 heterocycles. The summed E-state index contributed by atoms with van der Waals surface area (Å²) in [5.74, 6) is 3.94. The van der Waals surface area contributed by atoms with E-state index in [1.807, 2.05) is 0 Å². The van der Waals surface area contributed by atoms with Crippen LogP contribution in [0, 0.1) is 23.7 Å². The largest absolute Gasteiger partial charge is 0.381 e. The van der Waals surface area contributed by atoms with Crippen molar-refractivity contribution in [3.8, 4) is 0 Å². The van der Waals surface area contributed by atoms with Crippen LogP contribution < -0.4 is 0 Å². The Hall–Kier alpha value is -0.300. The van der Waals surface area contributed by atoms with Crippen LogP contribution in [0.1, 0.15) is 71.1 Å². The quantitative estimate of drug-likeness (QED) is 0.551. The number of hydrogen-bond acceptors (Lipinski definition) is 1. The maximum atomic E-state index is 5.60. The molecule has 116 valence electrons. The second-order valence-corrected chi connectivity index (χ2v) is 7.09. The monoisotopic (exact) mass is 278 g/mol. The highest BCUT2D eigenvalue weighted by Gasteiger charge is 2.30. The fraction of sp³-hybridized carbons (Fsp3) is 0.895. The fourth-order valence-electron chi connectivity index (χ4n) is 4.41. The molecule has 0 aromatic carbocycles. The average Bonchev–Trinajstić information content (AvgIpc) is 2.52. The molecule has 0 amide bonds. The van der Waals surface area contributed by atoms with Gasteiger partial charge in [0.05, 0.1) is 0 Å². The number of ether oxygens (including phenoxy) is 1. The van der Waals surface area contributed by atoms with Crippen molar-refractivity contribution in [3.05, 3.63) is 12.7 Å². The zero-order valence-corrected chi connectivity index (χ0v) is 13.5. The highest BCUT2D eigenvalue weighted by molar-refractivity contribution is 4.82. The van der Waals surface area contributed by atoms with Crippen molar-refractivity contribution in [1.29, 1.82) is 0 Å². The number of rotatable bonds is 7. The predicted octanol–water partition coefficient (Wildman–Crippen LogP) is 5.60. The van der Waals surface area contributed by atoms with E-state index in [1.165, 1.54) is 64.2 Å². The van der Waals surface area contributed by atoms with Crippen molar-refractivity contribution < 1.29 is 4.74 Å². The lowest BCUT2D eigenvalue weighted by atomic mass is 9.69. The van der Waals surface area contributed by atoms with Crippen LogP contribution in [0.4, 0.5) is 0 Å². The molecular weight excluding hydrogens is 244 g/mol. The van der Waals surface area contributed by atoms with Gasteiger partial charge in [-0.15, -0.1) is 6.58 Å². The lowest BCUT2D eigenvalue weighted by Gasteiger charge is -2.37. The Morgan fingerprint density at radius 1 is 0.900 bits per heavy atom. The zero-order valence-electron chi connectivity index (χ0n) is 13.5. The smallest absolute Gasteiger partial charge is 0.0494 e. The molecule has 0 atom stereocenters. The van der Waals surface area contributed by atoms with Gasteiger partial charge in [0.1, 0.15) is 0 Å². The molecular formula is C19H34O. The van der Waals surface area contributed by atoms with E-state index >= 15 is 0 Å². The van der Waals surface area contributed by atoms with Gasteiger partial charge in [0.25, 0.3) is 0 Å². The molecule has 0 aromatic heterocycles. The molecule has 2 saturated carbocycles. The first-order valence-electron chi connectivity index (χ1n) is 9.02. The minimum absolute atomic E-state index is 0.857. The van der Waals surface area contributed by atoms with Crippen LogP contribution in [-0.4, -0.2) is 13.2 Å². The molecule has 1 nitrogen and oxygen atoms in total. The summed E-state index contributed by atoms with van der Waals surface area (Å²) in [6.45, 7) is 7.85. The van der Waals surface area contributed by atoms with Gasteiger partial charge < -0.3 is 4.74 Å². The van der Waals surface area contributed by atoms with E-state index in [0.29, 0.717) is 0 Å². The topological polar surface area (TPSA) is 9.23 Å². The summed E-state index contributed by atoms with van der Waals surface area (Å²) in [6.07, 6.45) is 16.4. The summed E-state index contributed by atoms with van der Waals surface area (Å²) in [4.78, 5) is 0. The third-order valence-corrected chi connectivity index (χ3v) is 5.79. The lowest BCUT2D eigenvalue weighted by molar-refractivity contribution is 0.0711. The normalized spacial score (nSPS) is 34.9. The van der Waals surface area contributed by atoms with Crippen molar-refractivity contribution in [2.45, 2.75) is 71.1 Å². The average molecular weight is 278 g/mol. The maximum absolute atomic E-state index is 5.60. The first-order chi connectivity index (χ1) is 9.83. The van der Waals surface area contributed by atoms with Crippen molar-refractivity contribution in [2.75, 3.05) is 13.2 Å². The molecule has 0 saturated heterocycles. The van der Waals surface area contributed by atoms with Gasteiger partial charge in [-0.3, -0.25) is 0 Å². The SMILES string of the molecule is C=CCC[C@H]1CC[C@H](C2CCC(COCC)CC2)CC1. The molecule has 0 N–H and O–H groups in total. The second-order valence-electron chi connectivity index (χ2n) is 7.09. The molecule has 0 aliphatic heterocycles. The lowest BCUT2D eigenvalue weighted by Crippen LogP contribution is -2.27. The summed E-state index contributed by atoms with van der Waals surface area (Å²) < 4.78 is 5.60.